The van der Waals surface area contributed by atoms with Crippen LogP contribution in [0.2, 0.25) is 0 Å². The fourth-order valence-corrected chi connectivity index (χ4v) is 1.73. The lowest BCUT2D eigenvalue weighted by atomic mass is 10.1. The largest absolute Gasteiger partial charge is 0.492 e. The van der Waals surface area contributed by atoms with Gasteiger partial charge in [-0.1, -0.05) is 18.2 Å². The molecule has 0 aliphatic carbocycles. The molecule has 0 radical (unpaired) electrons. The lowest BCUT2D eigenvalue weighted by Crippen LogP contribution is -2.22. The molecule has 0 bridgehead atoms. The van der Waals surface area contributed by atoms with E-state index in [9.17, 15) is 4.79 Å². The molecule has 2 rings (SSSR count). The van der Waals surface area contributed by atoms with E-state index in [0.717, 1.165) is 17.7 Å². The zero-order valence-electron chi connectivity index (χ0n) is 9.97. The molecule has 1 amide bonds. The highest BCUT2D eigenvalue weighted by atomic mass is 16.7. The fourth-order valence-electron chi connectivity index (χ4n) is 1.73. The zero-order chi connectivity index (χ0) is 12.3. The van der Waals surface area contributed by atoms with Gasteiger partial charge >= 0.3 is 0 Å². The van der Waals surface area contributed by atoms with Crippen molar-refractivity contribution in [3.8, 4) is 5.75 Å². The third-order valence-corrected chi connectivity index (χ3v) is 2.73. The average molecular weight is 233 g/mol. The van der Waals surface area contributed by atoms with Crippen molar-refractivity contribution >= 4 is 12.0 Å². The number of hydrogen-bond acceptors (Lipinski definition) is 3. The molecule has 0 N–H and O–H groups in total. The van der Waals surface area contributed by atoms with Gasteiger partial charge in [0.25, 0.3) is 5.91 Å². The highest BCUT2D eigenvalue weighted by Crippen LogP contribution is 2.30. The number of para-hydroxylation sites is 1. The van der Waals surface area contributed by atoms with Crippen molar-refractivity contribution in [3.63, 3.8) is 0 Å². The molecule has 0 fully saturated rings. The van der Waals surface area contributed by atoms with E-state index < -0.39 is 0 Å². The first-order valence-electron chi connectivity index (χ1n) is 5.47. The van der Waals surface area contributed by atoms with Gasteiger partial charge in [0, 0.05) is 25.1 Å². The molecule has 0 unspecified atom stereocenters. The Balaban J connectivity index is 2.17. The highest BCUT2D eigenvalue weighted by molar-refractivity contribution is 5.91. The molecule has 1 heterocycles. The molecule has 0 spiro atoms. The van der Waals surface area contributed by atoms with E-state index in [1.54, 1.807) is 13.1 Å². The summed E-state index contributed by atoms with van der Waals surface area (Å²) in [6.07, 6.45) is 4.16. The summed E-state index contributed by atoms with van der Waals surface area (Å²) in [5.74, 6) is 0.680. The van der Waals surface area contributed by atoms with E-state index in [0.29, 0.717) is 6.61 Å². The van der Waals surface area contributed by atoms with Crippen LogP contribution in [0.4, 0.5) is 0 Å². The lowest BCUT2D eigenvalue weighted by Gasteiger charge is -2.10. The Morgan fingerprint density at radius 1 is 1.53 bits per heavy atom. The molecule has 1 aromatic carbocycles. The molecule has 17 heavy (non-hydrogen) atoms. The molecular formula is C13H15NO3. The van der Waals surface area contributed by atoms with Crippen molar-refractivity contribution < 1.29 is 14.4 Å². The number of nitrogens with zero attached hydrogens (tertiary/aromatic N) is 1. The molecule has 1 aliphatic rings. The van der Waals surface area contributed by atoms with Gasteiger partial charge in [0.05, 0.1) is 13.7 Å². The summed E-state index contributed by atoms with van der Waals surface area (Å²) in [7, 11) is 3.02. The molecule has 4 heteroatoms. The van der Waals surface area contributed by atoms with E-state index in [2.05, 4.69) is 0 Å². The maximum absolute atomic E-state index is 11.5. The van der Waals surface area contributed by atoms with Crippen molar-refractivity contribution in [2.75, 3.05) is 20.8 Å². The fraction of sp³-hybridized carbons (Fsp3) is 0.308. The Labute approximate surface area is 100 Å². The number of hydroxylamine groups is 2. The van der Waals surface area contributed by atoms with Gasteiger partial charge in [0.1, 0.15) is 5.75 Å². The number of fused-ring (bicyclic) bond motifs is 1. The third kappa shape index (κ3) is 2.47. The maximum Gasteiger partial charge on any atom is 0.269 e. The summed E-state index contributed by atoms with van der Waals surface area (Å²) in [4.78, 5) is 16.3. The summed E-state index contributed by atoms with van der Waals surface area (Å²) in [5.41, 5.74) is 2.12. The van der Waals surface area contributed by atoms with Gasteiger partial charge in [0.2, 0.25) is 0 Å². The predicted octanol–water partition coefficient (Wildman–Crippen LogP) is 1.65. The Bertz CT molecular complexity index is 454. The third-order valence-electron chi connectivity index (χ3n) is 2.73. The van der Waals surface area contributed by atoms with Gasteiger partial charge in [0.15, 0.2) is 0 Å². The van der Waals surface area contributed by atoms with Crippen LogP contribution in [-0.4, -0.2) is 31.7 Å². The molecule has 0 aromatic heterocycles. The van der Waals surface area contributed by atoms with Crippen LogP contribution in [-0.2, 0) is 16.1 Å². The van der Waals surface area contributed by atoms with Crippen LogP contribution in [0.15, 0.2) is 24.3 Å². The lowest BCUT2D eigenvalue weighted by molar-refractivity contribution is -0.162. The van der Waals surface area contributed by atoms with Crippen molar-refractivity contribution in [2.45, 2.75) is 6.42 Å². The summed E-state index contributed by atoms with van der Waals surface area (Å²) in [6, 6.07) is 5.95. The van der Waals surface area contributed by atoms with E-state index in [4.69, 9.17) is 9.57 Å². The molecule has 1 aromatic rings. The van der Waals surface area contributed by atoms with E-state index in [1.165, 1.54) is 23.8 Å². The van der Waals surface area contributed by atoms with Crippen LogP contribution in [0, 0.1) is 0 Å². The van der Waals surface area contributed by atoms with Crippen molar-refractivity contribution in [3.05, 3.63) is 35.4 Å². The van der Waals surface area contributed by atoms with Crippen LogP contribution in [0.3, 0.4) is 0 Å². The second-order valence-corrected chi connectivity index (χ2v) is 3.79. The minimum absolute atomic E-state index is 0.205. The SMILES string of the molecule is CON(C)C(=O)C=Cc1cccc2c1OCC2. The second-order valence-electron chi connectivity index (χ2n) is 3.79. The number of hydrogen-bond donors (Lipinski definition) is 0. The van der Waals surface area contributed by atoms with Crippen LogP contribution in [0.5, 0.6) is 5.75 Å². The molecule has 0 atom stereocenters. The minimum atomic E-state index is -0.205. The quantitative estimate of drug-likeness (QED) is 0.588. The second kappa shape index (κ2) is 5.01. The first-order valence-corrected chi connectivity index (χ1v) is 5.47. The number of rotatable bonds is 3. The number of benzene rings is 1. The summed E-state index contributed by atoms with van der Waals surface area (Å²) in [5, 5.41) is 1.17. The van der Waals surface area contributed by atoms with E-state index in [-0.39, 0.29) is 5.91 Å². The molecule has 4 nitrogen and oxygen atoms in total. The number of carbonyl (C=O) groups is 1. The number of ether oxygens (including phenoxy) is 1. The van der Waals surface area contributed by atoms with Crippen LogP contribution in [0.1, 0.15) is 11.1 Å². The van der Waals surface area contributed by atoms with Crippen molar-refractivity contribution in [1.82, 2.24) is 5.06 Å². The Kier molecular flexibility index (Phi) is 3.44. The predicted molar refractivity (Wildman–Crippen MR) is 64.5 cm³/mol. The number of amides is 1. The van der Waals surface area contributed by atoms with Crippen LogP contribution >= 0.6 is 0 Å². The first kappa shape index (κ1) is 11.7. The maximum atomic E-state index is 11.5. The topological polar surface area (TPSA) is 38.8 Å². The van der Waals surface area contributed by atoms with E-state index in [1.807, 2.05) is 18.2 Å². The van der Waals surface area contributed by atoms with Gasteiger partial charge in [-0.05, 0) is 11.6 Å². The molecule has 1 aliphatic heterocycles. The van der Waals surface area contributed by atoms with Crippen molar-refractivity contribution in [2.24, 2.45) is 0 Å². The van der Waals surface area contributed by atoms with Gasteiger partial charge in [-0.15, -0.1) is 0 Å². The monoisotopic (exact) mass is 233 g/mol. The number of likely N-dealkylation sites (N-methyl/N-ethyl adjacent to an activating group) is 1. The number of carbonyl (C=O) groups excluding carboxylic acids is 1. The molecule has 0 saturated carbocycles. The van der Waals surface area contributed by atoms with Gasteiger partial charge < -0.3 is 4.74 Å². The Morgan fingerprint density at radius 3 is 3.12 bits per heavy atom. The summed E-state index contributed by atoms with van der Waals surface area (Å²) in [6.45, 7) is 0.714. The molecule has 0 saturated heterocycles. The minimum Gasteiger partial charge on any atom is -0.492 e. The zero-order valence-corrected chi connectivity index (χ0v) is 9.97. The Hall–Kier alpha value is -1.81. The Morgan fingerprint density at radius 2 is 2.35 bits per heavy atom. The van der Waals surface area contributed by atoms with E-state index >= 15 is 0 Å². The van der Waals surface area contributed by atoms with Gasteiger partial charge in [-0.2, -0.15) is 0 Å². The highest BCUT2D eigenvalue weighted by Gasteiger charge is 2.14. The normalized spacial score (nSPS) is 13.5. The molecular weight excluding hydrogens is 218 g/mol. The molecule has 90 valence electrons. The smallest absolute Gasteiger partial charge is 0.269 e. The van der Waals surface area contributed by atoms with Gasteiger partial charge in [-0.3, -0.25) is 9.63 Å². The van der Waals surface area contributed by atoms with Gasteiger partial charge in [-0.25, -0.2) is 5.06 Å². The van der Waals surface area contributed by atoms with Crippen LogP contribution < -0.4 is 4.74 Å². The standard InChI is InChI=1S/C13H15NO3/c1-14(16-2)12(15)7-6-10-4-3-5-11-8-9-17-13(10)11/h3-7H,8-9H2,1-2H3. The van der Waals surface area contributed by atoms with Crippen LogP contribution in [0.25, 0.3) is 6.08 Å². The summed E-state index contributed by atoms with van der Waals surface area (Å²) < 4.78 is 5.54. The summed E-state index contributed by atoms with van der Waals surface area (Å²) >= 11 is 0. The van der Waals surface area contributed by atoms with Crippen molar-refractivity contribution in [1.29, 1.82) is 0 Å². The first-order chi connectivity index (χ1) is 8.22. The average Bonchev–Trinajstić information content (AvgIpc) is 2.83.